The molecule has 0 saturated heterocycles. The minimum absolute atomic E-state index is 0.0602. The summed E-state index contributed by atoms with van der Waals surface area (Å²) >= 11 is 9.40. The fraction of sp³-hybridized carbons (Fsp3) is 0.200. The lowest BCUT2D eigenvalue weighted by atomic mass is 9.99. The van der Waals surface area contributed by atoms with E-state index < -0.39 is 11.9 Å². The van der Waals surface area contributed by atoms with Gasteiger partial charge in [0.05, 0.1) is 22.1 Å². The summed E-state index contributed by atoms with van der Waals surface area (Å²) in [5, 5.41) is 0.0602. The molecule has 0 spiro atoms. The van der Waals surface area contributed by atoms with E-state index in [0.717, 1.165) is 15.8 Å². The predicted molar refractivity (Wildman–Crippen MR) is 82.8 cm³/mol. The second kappa shape index (κ2) is 6.57. The average molecular weight is 359 g/mol. The molecule has 2 aromatic carbocycles. The Hall–Kier alpha value is -1.10. The summed E-state index contributed by atoms with van der Waals surface area (Å²) in [6.45, 7) is 2.50. The fourth-order valence-electron chi connectivity index (χ4n) is 1.92. The van der Waals surface area contributed by atoms with Crippen molar-refractivity contribution in [2.45, 2.75) is 13.0 Å². The molecule has 2 N–H and O–H groups in total. The van der Waals surface area contributed by atoms with Gasteiger partial charge in [-0.05, 0) is 52.2 Å². The number of benzene rings is 2. The van der Waals surface area contributed by atoms with Crippen molar-refractivity contribution in [1.82, 2.24) is 0 Å². The van der Waals surface area contributed by atoms with E-state index in [9.17, 15) is 4.39 Å². The molecule has 0 aliphatic carbocycles. The van der Waals surface area contributed by atoms with Gasteiger partial charge in [-0.1, -0.05) is 29.8 Å². The molecule has 0 radical (unpaired) electrons. The van der Waals surface area contributed by atoms with Crippen molar-refractivity contribution in [2.24, 2.45) is 5.73 Å². The molecular formula is C15H14BrClFNO. The predicted octanol–water partition coefficient (Wildman–Crippen LogP) is 4.69. The lowest BCUT2D eigenvalue weighted by molar-refractivity contribution is 0.338. The Morgan fingerprint density at radius 2 is 2.10 bits per heavy atom. The highest BCUT2D eigenvalue weighted by atomic mass is 79.9. The monoisotopic (exact) mass is 357 g/mol. The van der Waals surface area contributed by atoms with Gasteiger partial charge in [0.2, 0.25) is 0 Å². The second-order valence-corrected chi connectivity index (χ2v) is 5.48. The minimum atomic E-state index is -0.495. The lowest BCUT2D eigenvalue weighted by Crippen LogP contribution is -2.13. The number of hydrogen-bond donors (Lipinski definition) is 1. The minimum Gasteiger partial charge on any atom is -0.493 e. The van der Waals surface area contributed by atoms with E-state index in [1.807, 2.05) is 25.1 Å². The maximum Gasteiger partial charge on any atom is 0.142 e. The first-order valence-electron chi connectivity index (χ1n) is 6.16. The first-order chi connectivity index (χ1) is 9.54. The van der Waals surface area contributed by atoms with Crippen LogP contribution in [0.4, 0.5) is 4.39 Å². The van der Waals surface area contributed by atoms with E-state index in [1.165, 1.54) is 6.07 Å². The molecule has 20 heavy (non-hydrogen) atoms. The van der Waals surface area contributed by atoms with Gasteiger partial charge >= 0.3 is 0 Å². The van der Waals surface area contributed by atoms with E-state index in [4.69, 9.17) is 22.1 Å². The zero-order chi connectivity index (χ0) is 14.7. The van der Waals surface area contributed by atoms with Crippen molar-refractivity contribution in [1.29, 1.82) is 0 Å². The molecule has 106 valence electrons. The standard InChI is InChI=1S/C15H14BrClFNO/c1-2-20-13-7-6-9(8-11(13)16)15(19)10-4-3-5-12(18)14(10)17/h3-8,15H,2,19H2,1H3. The SMILES string of the molecule is CCOc1ccc(C(N)c2cccc(F)c2Cl)cc1Br. The van der Waals surface area contributed by atoms with E-state index in [2.05, 4.69) is 15.9 Å². The van der Waals surface area contributed by atoms with Crippen LogP contribution in [0.25, 0.3) is 0 Å². The summed E-state index contributed by atoms with van der Waals surface area (Å²) in [7, 11) is 0. The number of ether oxygens (including phenoxy) is 1. The molecule has 0 amide bonds. The van der Waals surface area contributed by atoms with Crippen LogP contribution in [-0.2, 0) is 0 Å². The summed E-state index contributed by atoms with van der Waals surface area (Å²) in [6.07, 6.45) is 0. The zero-order valence-corrected chi connectivity index (χ0v) is 13.2. The van der Waals surface area contributed by atoms with Crippen LogP contribution in [0.1, 0.15) is 24.1 Å². The summed E-state index contributed by atoms with van der Waals surface area (Å²) in [6, 6.07) is 9.67. The maximum atomic E-state index is 13.5. The Morgan fingerprint density at radius 1 is 1.35 bits per heavy atom. The Morgan fingerprint density at radius 3 is 2.75 bits per heavy atom. The maximum absolute atomic E-state index is 13.5. The molecule has 2 rings (SSSR count). The van der Waals surface area contributed by atoms with Crippen molar-refractivity contribution in [3.63, 3.8) is 0 Å². The quantitative estimate of drug-likeness (QED) is 0.860. The molecular weight excluding hydrogens is 345 g/mol. The second-order valence-electron chi connectivity index (χ2n) is 4.24. The van der Waals surface area contributed by atoms with Gasteiger partial charge in [0.1, 0.15) is 11.6 Å². The summed E-state index contributed by atoms with van der Waals surface area (Å²) in [5.41, 5.74) is 7.55. The lowest BCUT2D eigenvalue weighted by Gasteiger charge is -2.16. The number of hydrogen-bond acceptors (Lipinski definition) is 2. The van der Waals surface area contributed by atoms with Crippen molar-refractivity contribution in [2.75, 3.05) is 6.61 Å². The van der Waals surface area contributed by atoms with Crippen LogP contribution in [0.3, 0.4) is 0 Å². The summed E-state index contributed by atoms with van der Waals surface area (Å²) < 4.78 is 19.7. The molecule has 0 saturated carbocycles. The molecule has 2 nitrogen and oxygen atoms in total. The average Bonchev–Trinajstić information content (AvgIpc) is 2.43. The summed E-state index contributed by atoms with van der Waals surface area (Å²) in [5.74, 6) is 0.276. The highest BCUT2D eigenvalue weighted by Crippen LogP contribution is 2.32. The van der Waals surface area contributed by atoms with Crippen molar-refractivity contribution >= 4 is 27.5 Å². The Labute approximate surface area is 130 Å². The fourth-order valence-corrected chi connectivity index (χ4v) is 2.68. The Kier molecular flexibility index (Phi) is 5.02. The first kappa shape index (κ1) is 15.3. The number of nitrogens with two attached hydrogens (primary N) is 1. The molecule has 0 aromatic heterocycles. The van der Waals surface area contributed by atoms with Crippen LogP contribution in [0.15, 0.2) is 40.9 Å². The van der Waals surface area contributed by atoms with E-state index >= 15 is 0 Å². The van der Waals surface area contributed by atoms with Gasteiger partial charge in [-0.15, -0.1) is 0 Å². The summed E-state index contributed by atoms with van der Waals surface area (Å²) in [4.78, 5) is 0. The number of rotatable bonds is 4. The van der Waals surface area contributed by atoms with Crippen LogP contribution in [-0.4, -0.2) is 6.61 Å². The first-order valence-corrected chi connectivity index (χ1v) is 7.33. The molecule has 0 aliphatic heterocycles. The molecule has 1 unspecified atom stereocenters. The molecule has 0 aliphatic rings. The van der Waals surface area contributed by atoms with Crippen LogP contribution in [0.5, 0.6) is 5.75 Å². The number of halogens is 3. The molecule has 0 fully saturated rings. The third-order valence-corrected chi connectivity index (χ3v) is 3.95. The largest absolute Gasteiger partial charge is 0.493 e. The third kappa shape index (κ3) is 3.14. The third-order valence-electron chi connectivity index (χ3n) is 2.93. The van der Waals surface area contributed by atoms with Crippen LogP contribution in [0.2, 0.25) is 5.02 Å². The van der Waals surface area contributed by atoms with Gasteiger partial charge in [-0.25, -0.2) is 4.39 Å². The van der Waals surface area contributed by atoms with Gasteiger partial charge < -0.3 is 10.5 Å². The van der Waals surface area contributed by atoms with Gasteiger partial charge in [0.25, 0.3) is 0 Å². The molecule has 2 aromatic rings. The molecule has 5 heteroatoms. The van der Waals surface area contributed by atoms with Gasteiger partial charge in [-0.2, -0.15) is 0 Å². The highest BCUT2D eigenvalue weighted by Gasteiger charge is 2.16. The van der Waals surface area contributed by atoms with Gasteiger partial charge in [0, 0.05) is 0 Å². The zero-order valence-electron chi connectivity index (χ0n) is 10.9. The van der Waals surface area contributed by atoms with Crippen LogP contribution in [0, 0.1) is 5.82 Å². The topological polar surface area (TPSA) is 35.2 Å². The van der Waals surface area contributed by atoms with Crippen LogP contribution < -0.4 is 10.5 Å². The van der Waals surface area contributed by atoms with Gasteiger partial charge in [0.15, 0.2) is 0 Å². The molecule has 0 heterocycles. The van der Waals surface area contributed by atoms with Crippen molar-refractivity contribution in [3.8, 4) is 5.75 Å². The Bertz CT molecular complexity index is 621. The molecule has 1 atom stereocenters. The van der Waals surface area contributed by atoms with E-state index in [0.29, 0.717) is 12.2 Å². The Balaban J connectivity index is 2.36. The van der Waals surface area contributed by atoms with E-state index in [-0.39, 0.29) is 5.02 Å². The smallest absolute Gasteiger partial charge is 0.142 e. The van der Waals surface area contributed by atoms with Crippen molar-refractivity contribution in [3.05, 3.63) is 62.8 Å². The van der Waals surface area contributed by atoms with E-state index in [1.54, 1.807) is 12.1 Å². The molecule has 0 bridgehead atoms. The van der Waals surface area contributed by atoms with Crippen molar-refractivity contribution < 1.29 is 9.13 Å². The normalized spacial score (nSPS) is 12.2. The van der Waals surface area contributed by atoms with Crippen LogP contribution >= 0.6 is 27.5 Å². The van der Waals surface area contributed by atoms with Gasteiger partial charge in [-0.3, -0.25) is 0 Å². The highest BCUT2D eigenvalue weighted by molar-refractivity contribution is 9.10.